The van der Waals surface area contributed by atoms with Crippen LogP contribution in [0.25, 0.3) is 0 Å². The molecule has 0 saturated heterocycles. The highest BCUT2D eigenvalue weighted by Crippen LogP contribution is 1.95. The van der Waals surface area contributed by atoms with E-state index in [-0.39, 0.29) is 0 Å². The molecule has 184 valence electrons. The Kier molecular flexibility index (Phi) is 29.0. The van der Waals surface area contributed by atoms with E-state index < -0.39 is 24.1 Å². The van der Waals surface area contributed by atoms with Gasteiger partial charge in [-0.2, -0.15) is 0 Å². The molecule has 0 saturated carbocycles. The Bertz CT molecular complexity index is 356. The molecule has 2 atom stereocenters. The number of carbonyl (C=O) groups is 2. The molecule has 8 nitrogen and oxygen atoms in total. The van der Waals surface area contributed by atoms with E-state index >= 15 is 0 Å². The van der Waals surface area contributed by atoms with Crippen LogP contribution in [0.4, 0.5) is 0 Å². The Hall–Kier alpha value is -1.22. The van der Waals surface area contributed by atoms with Crippen molar-refractivity contribution in [2.24, 2.45) is 0 Å². The minimum absolute atomic E-state index is 1.10. The molecule has 0 aromatic carbocycles. The fraction of sp³-hybridized carbons (Fsp3) is 0.909. The molecule has 0 aliphatic rings. The van der Waals surface area contributed by atoms with E-state index in [0.29, 0.717) is 0 Å². The zero-order valence-electron chi connectivity index (χ0n) is 21.0. The number of hydrogen-bond acceptors (Lipinski definition) is 6. The molecule has 0 aliphatic carbocycles. The van der Waals surface area contributed by atoms with Crippen molar-refractivity contribution in [2.45, 2.75) is 85.4 Å². The number of aliphatic hydroxyl groups excluding tert-OH is 2. The molecule has 0 rings (SSSR count). The lowest BCUT2D eigenvalue weighted by atomic mass is 10.3. The Labute approximate surface area is 185 Å². The Morgan fingerprint density at radius 1 is 0.800 bits per heavy atom. The average molecular weight is 439 g/mol. The van der Waals surface area contributed by atoms with Crippen LogP contribution in [-0.2, 0) is 9.59 Å². The second-order valence-electron chi connectivity index (χ2n) is 8.52. The Morgan fingerprint density at radius 2 is 1.07 bits per heavy atom. The first-order valence-electron chi connectivity index (χ1n) is 11.1. The van der Waals surface area contributed by atoms with Crippen LogP contribution < -0.4 is 15.1 Å². The third-order valence-electron chi connectivity index (χ3n) is 3.78. The van der Waals surface area contributed by atoms with Crippen LogP contribution in [0.5, 0.6) is 0 Å². The first-order chi connectivity index (χ1) is 13.7. The number of nitrogens with one attached hydrogen (secondary N) is 1. The predicted molar refractivity (Wildman–Crippen MR) is 118 cm³/mol. The summed E-state index contributed by atoms with van der Waals surface area (Å²) < 4.78 is 1.10. The lowest BCUT2D eigenvalue weighted by molar-refractivity contribution is -0.880. The highest BCUT2D eigenvalue weighted by molar-refractivity contribution is 5.69. The van der Waals surface area contributed by atoms with Crippen molar-refractivity contribution in [2.75, 3.05) is 47.8 Å². The highest BCUT2D eigenvalue weighted by Gasteiger charge is 2.03. The van der Waals surface area contributed by atoms with E-state index in [4.69, 9.17) is 10.2 Å². The Morgan fingerprint density at radius 3 is 1.20 bits per heavy atom. The fourth-order valence-electron chi connectivity index (χ4n) is 1.71. The summed E-state index contributed by atoms with van der Waals surface area (Å²) in [5, 5.41) is 34.6. The third kappa shape index (κ3) is 45.5. The van der Waals surface area contributed by atoms with Gasteiger partial charge in [0.05, 0.1) is 72.0 Å². The smallest absolute Gasteiger partial charge is 0.0905 e. The summed E-state index contributed by atoms with van der Waals surface area (Å²) >= 11 is 0. The van der Waals surface area contributed by atoms with Crippen molar-refractivity contribution in [3.05, 3.63) is 0 Å². The summed E-state index contributed by atoms with van der Waals surface area (Å²) in [6, 6.07) is 0. The molecular formula is C22H50N2O6. The summed E-state index contributed by atoms with van der Waals surface area (Å²) in [6.45, 7) is 13.0. The summed E-state index contributed by atoms with van der Waals surface area (Å²) in [7, 11) is 8.99. The number of aliphatic carboxylic acids is 2. The second-order valence-corrected chi connectivity index (χ2v) is 8.52. The molecule has 0 heterocycles. The van der Waals surface area contributed by atoms with Crippen molar-refractivity contribution in [3.63, 3.8) is 0 Å². The molecular weight excluding hydrogens is 388 g/mol. The molecule has 30 heavy (non-hydrogen) atoms. The van der Waals surface area contributed by atoms with Crippen LogP contribution >= 0.6 is 0 Å². The first-order valence-corrected chi connectivity index (χ1v) is 11.1. The number of carboxylic acids is 2. The van der Waals surface area contributed by atoms with Crippen molar-refractivity contribution in [3.8, 4) is 0 Å². The van der Waals surface area contributed by atoms with Gasteiger partial charge in [0.1, 0.15) is 0 Å². The van der Waals surface area contributed by atoms with Crippen molar-refractivity contribution in [1.29, 1.82) is 0 Å². The summed E-state index contributed by atoms with van der Waals surface area (Å²) in [5.74, 6) is -2.87. The molecule has 0 aromatic rings. The summed E-state index contributed by atoms with van der Waals surface area (Å²) in [4.78, 5) is 20.4. The van der Waals surface area contributed by atoms with Crippen LogP contribution in [0.3, 0.4) is 0 Å². The summed E-state index contributed by atoms with van der Waals surface area (Å²) in [5.41, 5.74) is 0. The standard InChI is InChI=1S/C9H21N.C7H18N.2C3H6O3/c1-4-6-8-10(3)9-7-5-2;1-5-6-7-8(2,3)4;2*1-2(4)3(5)6/h4-9H2,1-3H3;5-7H2,1-4H3;2*2,4H,1H3,(H,5,6)/q;+1;;/p-1. The number of nitrogens with zero attached hydrogens (tertiary/aromatic N) is 1. The van der Waals surface area contributed by atoms with E-state index in [1.54, 1.807) is 4.90 Å². The van der Waals surface area contributed by atoms with E-state index in [1.807, 2.05) is 0 Å². The van der Waals surface area contributed by atoms with E-state index in [0.717, 1.165) is 18.3 Å². The monoisotopic (exact) mass is 438 g/mol. The first kappa shape index (κ1) is 36.2. The average Bonchev–Trinajstić information content (AvgIpc) is 2.63. The lowest BCUT2D eigenvalue weighted by Crippen LogP contribution is -3.08. The molecule has 0 radical (unpaired) electrons. The van der Waals surface area contributed by atoms with E-state index in [9.17, 15) is 19.8 Å². The van der Waals surface area contributed by atoms with Crippen molar-refractivity contribution < 1.29 is 39.4 Å². The topological polar surface area (TPSA) is 125 Å². The van der Waals surface area contributed by atoms with Gasteiger partial charge in [-0.05, 0) is 33.1 Å². The van der Waals surface area contributed by atoms with Gasteiger partial charge in [-0.15, -0.1) is 0 Å². The Balaban J connectivity index is -0.000000154. The SMILES string of the molecule is CC(O)C(=O)[O-].CC(O)C(=O)[O-].CCCC[N+](C)(C)C.CCCC[NH+](C)CCCC. The molecule has 0 bridgehead atoms. The predicted octanol–water partition coefficient (Wildman–Crippen LogP) is -1.17. The largest absolute Gasteiger partial charge is 0.547 e. The van der Waals surface area contributed by atoms with Crippen molar-refractivity contribution >= 4 is 11.9 Å². The number of quaternary nitrogens is 2. The van der Waals surface area contributed by atoms with Gasteiger partial charge in [-0.3, -0.25) is 0 Å². The molecule has 8 heteroatoms. The number of unbranched alkanes of at least 4 members (excludes halogenated alkanes) is 3. The molecule has 0 aromatic heterocycles. The molecule has 0 fully saturated rings. The minimum atomic E-state index is -1.44. The van der Waals surface area contributed by atoms with Gasteiger partial charge in [0, 0.05) is 0 Å². The summed E-state index contributed by atoms with van der Waals surface area (Å²) in [6.07, 6.45) is 5.42. The van der Waals surface area contributed by atoms with Crippen LogP contribution in [0.15, 0.2) is 0 Å². The van der Waals surface area contributed by atoms with Gasteiger partial charge in [0.25, 0.3) is 0 Å². The second kappa shape index (κ2) is 24.1. The van der Waals surface area contributed by atoms with Crippen LogP contribution in [0.2, 0.25) is 0 Å². The van der Waals surface area contributed by atoms with Crippen LogP contribution in [0.1, 0.15) is 73.1 Å². The maximum Gasteiger partial charge on any atom is 0.0905 e. The van der Waals surface area contributed by atoms with E-state index in [1.165, 1.54) is 58.2 Å². The zero-order chi connectivity index (χ0) is 24.8. The van der Waals surface area contributed by atoms with Gasteiger partial charge in [0.15, 0.2) is 0 Å². The molecule has 0 amide bonds. The maximum atomic E-state index is 9.34. The number of carbonyl (C=O) groups excluding carboxylic acids is 2. The molecule has 0 aliphatic heterocycles. The van der Waals surface area contributed by atoms with Crippen LogP contribution in [-0.4, -0.2) is 86.7 Å². The number of hydrogen-bond donors (Lipinski definition) is 3. The maximum absolute atomic E-state index is 9.34. The van der Waals surface area contributed by atoms with Crippen molar-refractivity contribution in [1.82, 2.24) is 0 Å². The van der Waals surface area contributed by atoms with Gasteiger partial charge < -0.3 is 39.4 Å². The van der Waals surface area contributed by atoms with Gasteiger partial charge >= 0.3 is 0 Å². The van der Waals surface area contributed by atoms with Gasteiger partial charge in [-0.1, -0.05) is 40.0 Å². The number of aliphatic hydroxyl groups is 2. The van der Waals surface area contributed by atoms with E-state index in [2.05, 4.69) is 49.0 Å². The fourth-order valence-corrected chi connectivity index (χ4v) is 1.71. The van der Waals surface area contributed by atoms with Crippen LogP contribution in [0, 0.1) is 0 Å². The molecule has 3 N–H and O–H groups in total. The lowest BCUT2D eigenvalue weighted by Gasteiger charge is -2.23. The molecule has 0 spiro atoms. The number of rotatable bonds is 11. The van der Waals surface area contributed by atoms with Gasteiger partial charge in [-0.25, -0.2) is 0 Å². The zero-order valence-corrected chi connectivity index (χ0v) is 21.0. The van der Waals surface area contributed by atoms with Gasteiger partial charge in [0.2, 0.25) is 0 Å². The quantitative estimate of drug-likeness (QED) is 0.349. The highest BCUT2D eigenvalue weighted by atomic mass is 16.4. The normalized spacial score (nSPS) is 12.3. The molecule has 2 unspecified atom stereocenters. The number of carboxylic acid groups (broad SMARTS) is 2. The minimum Gasteiger partial charge on any atom is -0.547 e. The third-order valence-corrected chi connectivity index (χ3v) is 3.78.